The lowest BCUT2D eigenvalue weighted by Gasteiger charge is -2.12. The second-order valence-electron chi connectivity index (χ2n) is 7.63. The average molecular weight is 491 g/mol. The molecule has 1 aromatic heterocycles. The highest BCUT2D eigenvalue weighted by atomic mass is 32.2. The number of rotatable bonds is 7. The van der Waals surface area contributed by atoms with Gasteiger partial charge in [-0.25, -0.2) is 4.39 Å². The first kappa shape index (κ1) is 22.6. The van der Waals surface area contributed by atoms with Crippen molar-refractivity contribution in [3.8, 4) is 28.6 Å². The van der Waals surface area contributed by atoms with Gasteiger partial charge in [0.05, 0.1) is 11.4 Å². The highest BCUT2D eigenvalue weighted by Crippen LogP contribution is 2.37. The van der Waals surface area contributed by atoms with Crippen molar-refractivity contribution < 1.29 is 23.5 Å². The van der Waals surface area contributed by atoms with E-state index in [-0.39, 0.29) is 30.1 Å². The minimum atomic E-state index is -0.360. The summed E-state index contributed by atoms with van der Waals surface area (Å²) in [4.78, 5) is 24.9. The molecular weight excluding hydrogens is 471 g/mol. The molecule has 0 atom stereocenters. The normalized spacial score (nSPS) is 11.9. The Labute approximate surface area is 204 Å². The molecule has 1 aliphatic rings. The SMILES string of the molecule is CC(=O)c1cc2c(cc1NC(=O)CSc1nnc(-c3ccccc3)n1-c1ccc(F)cc1)OCO2. The van der Waals surface area contributed by atoms with Crippen LogP contribution < -0.4 is 14.8 Å². The summed E-state index contributed by atoms with van der Waals surface area (Å²) in [5.41, 5.74) is 2.16. The number of Topliss-reactive ketones (excluding diaryl/α,β-unsaturated/α-hetero) is 1. The van der Waals surface area contributed by atoms with E-state index in [9.17, 15) is 14.0 Å². The molecule has 5 rings (SSSR count). The average Bonchev–Trinajstić information content (AvgIpc) is 3.50. The predicted octanol–water partition coefficient (Wildman–Crippen LogP) is 4.74. The van der Waals surface area contributed by atoms with Crippen LogP contribution in [0.1, 0.15) is 17.3 Å². The zero-order valence-electron chi connectivity index (χ0n) is 18.5. The number of ether oxygens (including phenoxy) is 2. The Morgan fingerprint density at radius 2 is 1.74 bits per heavy atom. The van der Waals surface area contributed by atoms with Gasteiger partial charge in [0.25, 0.3) is 0 Å². The van der Waals surface area contributed by atoms with E-state index in [0.29, 0.717) is 39.4 Å². The van der Waals surface area contributed by atoms with E-state index in [1.165, 1.54) is 30.8 Å². The fraction of sp³-hybridized carbons (Fsp3) is 0.120. The van der Waals surface area contributed by atoms with Crippen LogP contribution in [0.4, 0.5) is 10.1 Å². The zero-order chi connectivity index (χ0) is 24.4. The summed E-state index contributed by atoms with van der Waals surface area (Å²) in [6, 6.07) is 18.6. The molecule has 1 aliphatic heterocycles. The number of thioether (sulfide) groups is 1. The molecule has 0 radical (unpaired) electrons. The van der Waals surface area contributed by atoms with Crippen LogP contribution in [0.2, 0.25) is 0 Å². The molecule has 0 saturated carbocycles. The first-order valence-electron chi connectivity index (χ1n) is 10.6. The number of benzene rings is 3. The van der Waals surface area contributed by atoms with Gasteiger partial charge >= 0.3 is 0 Å². The molecule has 0 saturated heterocycles. The number of hydrogen-bond donors (Lipinski definition) is 1. The van der Waals surface area contributed by atoms with E-state index in [4.69, 9.17) is 9.47 Å². The first-order valence-corrected chi connectivity index (χ1v) is 11.6. The van der Waals surface area contributed by atoms with E-state index in [1.807, 2.05) is 30.3 Å². The molecule has 10 heteroatoms. The number of ketones is 1. The number of aromatic nitrogens is 3. The summed E-state index contributed by atoms with van der Waals surface area (Å²) in [5, 5.41) is 11.8. The predicted molar refractivity (Wildman–Crippen MR) is 129 cm³/mol. The molecule has 0 fully saturated rings. The van der Waals surface area contributed by atoms with Gasteiger partial charge < -0.3 is 14.8 Å². The van der Waals surface area contributed by atoms with Crippen LogP contribution in [0.25, 0.3) is 17.1 Å². The fourth-order valence-corrected chi connectivity index (χ4v) is 4.37. The maximum atomic E-state index is 13.5. The van der Waals surface area contributed by atoms with Crippen LogP contribution >= 0.6 is 11.8 Å². The summed E-state index contributed by atoms with van der Waals surface area (Å²) >= 11 is 1.17. The number of halogens is 1. The van der Waals surface area contributed by atoms with Gasteiger partial charge in [-0.2, -0.15) is 0 Å². The maximum Gasteiger partial charge on any atom is 0.234 e. The summed E-state index contributed by atoms with van der Waals surface area (Å²) in [6.07, 6.45) is 0. The molecular formula is C25H19FN4O4S. The van der Waals surface area contributed by atoms with Crippen molar-refractivity contribution in [3.63, 3.8) is 0 Å². The number of carbonyl (C=O) groups excluding carboxylic acids is 2. The van der Waals surface area contributed by atoms with Crippen molar-refractivity contribution in [3.05, 3.63) is 78.1 Å². The van der Waals surface area contributed by atoms with Gasteiger partial charge in [-0.3, -0.25) is 14.2 Å². The van der Waals surface area contributed by atoms with E-state index in [2.05, 4.69) is 15.5 Å². The van der Waals surface area contributed by atoms with Gasteiger partial charge in [-0.15, -0.1) is 10.2 Å². The van der Waals surface area contributed by atoms with Gasteiger partial charge in [0.1, 0.15) is 5.82 Å². The van der Waals surface area contributed by atoms with E-state index in [1.54, 1.807) is 28.8 Å². The van der Waals surface area contributed by atoms with Crippen molar-refractivity contribution in [1.29, 1.82) is 0 Å². The van der Waals surface area contributed by atoms with Gasteiger partial charge in [-0.1, -0.05) is 42.1 Å². The lowest BCUT2D eigenvalue weighted by Crippen LogP contribution is -2.16. The number of fused-ring (bicyclic) bond motifs is 1. The lowest BCUT2D eigenvalue weighted by molar-refractivity contribution is -0.113. The Bertz CT molecular complexity index is 1410. The number of nitrogens with zero attached hydrogens (tertiary/aromatic N) is 3. The quantitative estimate of drug-likeness (QED) is 0.295. The van der Waals surface area contributed by atoms with Crippen molar-refractivity contribution >= 4 is 29.1 Å². The summed E-state index contributed by atoms with van der Waals surface area (Å²) < 4.78 is 26.0. The van der Waals surface area contributed by atoms with Crippen LogP contribution in [0.3, 0.4) is 0 Å². The third kappa shape index (κ3) is 4.73. The molecule has 1 amide bonds. The third-order valence-electron chi connectivity index (χ3n) is 5.25. The summed E-state index contributed by atoms with van der Waals surface area (Å²) in [7, 11) is 0. The number of hydrogen-bond acceptors (Lipinski definition) is 7. The number of anilines is 1. The number of nitrogens with one attached hydrogen (secondary N) is 1. The number of carbonyl (C=O) groups is 2. The smallest absolute Gasteiger partial charge is 0.234 e. The standard InChI is InChI=1S/C25H19FN4O4S/c1-15(31)19-11-21-22(34-14-33-21)12-20(19)27-23(32)13-35-25-29-28-24(16-5-3-2-4-6-16)30(25)18-9-7-17(26)8-10-18/h2-12H,13-14H2,1H3,(H,27,32). The molecule has 176 valence electrons. The van der Waals surface area contributed by atoms with Crippen LogP contribution in [-0.2, 0) is 4.79 Å². The molecule has 0 unspecified atom stereocenters. The fourth-order valence-electron chi connectivity index (χ4n) is 3.61. The molecule has 0 aliphatic carbocycles. The van der Waals surface area contributed by atoms with Gasteiger partial charge in [0.15, 0.2) is 28.3 Å². The third-order valence-corrected chi connectivity index (χ3v) is 6.18. The van der Waals surface area contributed by atoms with Crippen LogP contribution in [0.15, 0.2) is 71.9 Å². The Balaban J connectivity index is 1.39. The molecule has 0 bridgehead atoms. The maximum absolute atomic E-state index is 13.5. The van der Waals surface area contributed by atoms with Gasteiger partial charge in [0, 0.05) is 22.9 Å². The summed E-state index contributed by atoms with van der Waals surface area (Å²) in [5.74, 6) is 0.572. The minimum Gasteiger partial charge on any atom is -0.454 e. The molecule has 1 N–H and O–H groups in total. The molecule has 35 heavy (non-hydrogen) atoms. The van der Waals surface area contributed by atoms with Crippen LogP contribution in [-0.4, -0.2) is 39.0 Å². The van der Waals surface area contributed by atoms with Gasteiger partial charge in [-0.05, 0) is 37.3 Å². The monoisotopic (exact) mass is 490 g/mol. The number of amides is 1. The van der Waals surface area contributed by atoms with Crippen molar-refractivity contribution in [2.75, 3.05) is 17.9 Å². The zero-order valence-corrected chi connectivity index (χ0v) is 19.3. The van der Waals surface area contributed by atoms with Crippen molar-refractivity contribution in [2.45, 2.75) is 12.1 Å². The largest absolute Gasteiger partial charge is 0.454 e. The van der Waals surface area contributed by atoms with Crippen molar-refractivity contribution in [1.82, 2.24) is 14.8 Å². The lowest BCUT2D eigenvalue weighted by atomic mass is 10.1. The van der Waals surface area contributed by atoms with Crippen molar-refractivity contribution in [2.24, 2.45) is 0 Å². The van der Waals surface area contributed by atoms with Crippen LogP contribution in [0.5, 0.6) is 11.5 Å². The second kappa shape index (κ2) is 9.59. The molecule has 8 nitrogen and oxygen atoms in total. The molecule has 2 heterocycles. The highest BCUT2D eigenvalue weighted by molar-refractivity contribution is 7.99. The topological polar surface area (TPSA) is 95.3 Å². The Hall–Kier alpha value is -4.18. The van der Waals surface area contributed by atoms with Gasteiger partial charge in [0.2, 0.25) is 12.7 Å². The molecule has 3 aromatic carbocycles. The minimum absolute atomic E-state index is 0.0000949. The molecule has 4 aromatic rings. The Morgan fingerprint density at radius 1 is 1.03 bits per heavy atom. The Morgan fingerprint density at radius 3 is 2.46 bits per heavy atom. The van der Waals surface area contributed by atoms with E-state index in [0.717, 1.165) is 5.56 Å². The summed E-state index contributed by atoms with van der Waals surface area (Å²) in [6.45, 7) is 1.47. The van der Waals surface area contributed by atoms with E-state index >= 15 is 0 Å². The second-order valence-corrected chi connectivity index (χ2v) is 8.57. The molecule has 0 spiro atoms. The van der Waals surface area contributed by atoms with E-state index < -0.39 is 0 Å². The Kier molecular flexibility index (Phi) is 6.19. The first-order chi connectivity index (χ1) is 17.0. The highest BCUT2D eigenvalue weighted by Gasteiger charge is 2.21. The van der Waals surface area contributed by atoms with Crippen LogP contribution in [0, 0.1) is 5.82 Å².